The van der Waals surface area contributed by atoms with Crippen molar-refractivity contribution in [1.29, 1.82) is 0 Å². The largest absolute Gasteiger partial charge is 0.475 e. The summed E-state index contributed by atoms with van der Waals surface area (Å²) in [5, 5.41) is 22.1. The van der Waals surface area contributed by atoms with Gasteiger partial charge in [-0.05, 0) is 30.7 Å². The Bertz CT molecular complexity index is 1000. The van der Waals surface area contributed by atoms with Gasteiger partial charge in [0.2, 0.25) is 0 Å². The van der Waals surface area contributed by atoms with Crippen molar-refractivity contribution >= 4 is 25.3 Å². The quantitative estimate of drug-likeness (QED) is 0.537. The van der Waals surface area contributed by atoms with E-state index in [4.69, 9.17) is 35.6 Å². The van der Waals surface area contributed by atoms with Crippen molar-refractivity contribution in [3.05, 3.63) is 59.5 Å². The van der Waals surface area contributed by atoms with Gasteiger partial charge >= 0.3 is 7.82 Å². The maximum absolute atomic E-state index is 13.0. The van der Waals surface area contributed by atoms with Crippen molar-refractivity contribution in [3.63, 3.8) is 0 Å². The molecule has 0 amide bonds. The van der Waals surface area contributed by atoms with Gasteiger partial charge in [0.25, 0.3) is 0 Å². The van der Waals surface area contributed by atoms with Crippen molar-refractivity contribution < 1.29 is 33.1 Å². The minimum Gasteiger partial charge on any atom is -0.387 e. The number of phosphoric acid groups is 1. The Kier molecular flexibility index (Phi) is 6.50. The van der Waals surface area contributed by atoms with Gasteiger partial charge in [0.15, 0.2) is 6.23 Å². The molecule has 0 aliphatic carbocycles. The molecule has 3 heterocycles. The summed E-state index contributed by atoms with van der Waals surface area (Å²) in [4.78, 5) is 5.49. The second-order valence-electron chi connectivity index (χ2n) is 7.89. The van der Waals surface area contributed by atoms with Crippen LogP contribution >= 0.6 is 19.4 Å². The van der Waals surface area contributed by atoms with Crippen molar-refractivity contribution in [3.8, 4) is 0 Å². The van der Waals surface area contributed by atoms with Gasteiger partial charge in [0, 0.05) is 17.6 Å². The number of hydrogen-bond acceptors (Lipinski definition) is 10. The number of nitrogens with zero attached hydrogens (tertiary/aromatic N) is 2. The number of rotatable bonds is 5. The Morgan fingerprint density at radius 2 is 2.28 bits per heavy atom. The molecule has 1 aromatic rings. The number of halogens is 1. The number of phosphoric ester groups is 1. The third-order valence-corrected chi connectivity index (χ3v) is 7.18. The monoisotopic (exact) mass is 485 g/mol. The highest BCUT2D eigenvalue weighted by Crippen LogP contribution is 2.57. The summed E-state index contributed by atoms with van der Waals surface area (Å²) in [5.74, 6) is 0.489. The van der Waals surface area contributed by atoms with Gasteiger partial charge in [-0.1, -0.05) is 30.3 Å². The molecule has 2 fully saturated rings. The second-order valence-corrected chi connectivity index (χ2v) is 9.95. The zero-order valence-electron chi connectivity index (χ0n) is 17.3. The molecule has 12 heteroatoms. The number of benzene rings is 1. The Morgan fingerprint density at radius 1 is 1.50 bits per heavy atom. The molecule has 1 aromatic carbocycles. The predicted molar refractivity (Wildman–Crippen MR) is 116 cm³/mol. The molecule has 10 nitrogen and oxygen atoms in total. The standard InChI is InChI=1S/C20H25ClN3O7P/c1-12-23-17(22)6-8-24(12)19-20(2,26)18(25)16(30-19)11-29-32(27)28-9-7-15(31-32)13-4-3-5-14(21)10-13/h3-6,8,10,15-16,18-19,25-26H,1,7,9,11H2,2H3,(H2,22,23)/t15-,16+,18+,19+,20+,32?/m0/s1. The molecule has 3 aliphatic heterocycles. The van der Waals surface area contributed by atoms with E-state index in [-0.39, 0.29) is 24.9 Å². The minimum atomic E-state index is -3.94. The first-order valence-electron chi connectivity index (χ1n) is 9.97. The molecule has 0 saturated carbocycles. The van der Waals surface area contributed by atoms with E-state index in [1.165, 1.54) is 17.9 Å². The van der Waals surface area contributed by atoms with E-state index in [1.807, 2.05) is 6.07 Å². The molecule has 6 atom stereocenters. The van der Waals surface area contributed by atoms with Crippen LogP contribution in [0.25, 0.3) is 0 Å². The molecular formula is C20H25ClN3O7P. The minimum absolute atomic E-state index is 0.153. The van der Waals surface area contributed by atoms with Crippen LogP contribution in [0, 0.1) is 0 Å². The summed E-state index contributed by atoms with van der Waals surface area (Å²) in [7, 11) is -3.94. The maximum Gasteiger partial charge on any atom is 0.475 e. The lowest BCUT2D eigenvalue weighted by molar-refractivity contribution is -0.111. The fourth-order valence-corrected chi connectivity index (χ4v) is 5.35. The number of nitrogens with two attached hydrogens (primary N) is 1. The molecule has 32 heavy (non-hydrogen) atoms. The molecule has 0 spiro atoms. The number of aliphatic hydroxyl groups excluding tert-OH is 1. The first-order valence-corrected chi connectivity index (χ1v) is 11.8. The van der Waals surface area contributed by atoms with Gasteiger partial charge < -0.3 is 25.6 Å². The summed E-state index contributed by atoms with van der Waals surface area (Å²) in [5.41, 5.74) is 4.69. The predicted octanol–water partition coefficient (Wildman–Crippen LogP) is 2.44. The van der Waals surface area contributed by atoms with E-state index >= 15 is 0 Å². The van der Waals surface area contributed by atoms with Crippen LogP contribution in [0.1, 0.15) is 25.0 Å². The lowest BCUT2D eigenvalue weighted by Gasteiger charge is -2.35. The van der Waals surface area contributed by atoms with Crippen molar-refractivity contribution in [2.24, 2.45) is 10.7 Å². The lowest BCUT2D eigenvalue weighted by Crippen LogP contribution is -2.51. The summed E-state index contributed by atoms with van der Waals surface area (Å²) < 4.78 is 35.2. The first-order chi connectivity index (χ1) is 15.1. The van der Waals surface area contributed by atoms with Gasteiger partial charge in [0.05, 0.1) is 19.3 Å². The summed E-state index contributed by atoms with van der Waals surface area (Å²) >= 11 is 6.04. The fraction of sp³-hybridized carbons (Fsp3) is 0.450. The average molecular weight is 486 g/mol. The van der Waals surface area contributed by atoms with Crippen LogP contribution in [-0.2, 0) is 22.9 Å². The lowest BCUT2D eigenvalue weighted by atomic mass is 9.96. The van der Waals surface area contributed by atoms with Crippen LogP contribution in [0.3, 0.4) is 0 Å². The number of ether oxygens (including phenoxy) is 1. The molecule has 1 unspecified atom stereocenters. The zero-order valence-corrected chi connectivity index (χ0v) is 19.0. The van der Waals surface area contributed by atoms with Gasteiger partial charge in [0.1, 0.15) is 29.5 Å². The molecule has 2 saturated heterocycles. The number of amidine groups is 1. The van der Waals surface area contributed by atoms with Crippen LogP contribution in [0.2, 0.25) is 5.02 Å². The summed E-state index contributed by atoms with van der Waals surface area (Å²) in [6, 6.07) is 7.04. The highest BCUT2D eigenvalue weighted by molar-refractivity contribution is 7.48. The van der Waals surface area contributed by atoms with Crippen molar-refractivity contribution in [2.45, 2.75) is 43.5 Å². The normalized spacial score (nSPS) is 37.6. The van der Waals surface area contributed by atoms with Gasteiger partial charge in [-0.3, -0.25) is 13.6 Å². The van der Waals surface area contributed by atoms with Gasteiger partial charge in [-0.15, -0.1) is 0 Å². The fourth-order valence-electron chi connectivity index (χ4n) is 3.76. The SMILES string of the molecule is C=C1N=C(N)C=CN1[C@@H]1O[C@H](COP2(=O)OCC[C@@H](c3cccc(Cl)c3)O2)[C@@H](O)[C@@]1(C)O. The third kappa shape index (κ3) is 4.64. The smallest absolute Gasteiger partial charge is 0.387 e. The molecule has 0 aromatic heterocycles. The molecule has 4 rings (SSSR count). The van der Waals surface area contributed by atoms with E-state index in [2.05, 4.69) is 11.6 Å². The Balaban J connectivity index is 1.42. The van der Waals surface area contributed by atoms with Crippen molar-refractivity contribution in [1.82, 2.24) is 4.90 Å². The Hall–Kier alpha value is -1.75. The van der Waals surface area contributed by atoms with E-state index in [0.717, 1.165) is 5.56 Å². The van der Waals surface area contributed by atoms with Gasteiger partial charge in [-0.25, -0.2) is 9.56 Å². The van der Waals surface area contributed by atoms with Crippen LogP contribution in [-0.4, -0.2) is 58.2 Å². The highest BCUT2D eigenvalue weighted by atomic mass is 35.5. The topological polar surface area (TPSA) is 136 Å². The third-order valence-electron chi connectivity index (χ3n) is 5.47. The zero-order chi connectivity index (χ0) is 23.1. The summed E-state index contributed by atoms with van der Waals surface area (Å²) in [6.45, 7) is 5.01. The number of aliphatic imine (C=N–C) groups is 1. The van der Waals surface area contributed by atoms with Crippen LogP contribution in [0.5, 0.6) is 0 Å². The van der Waals surface area contributed by atoms with Crippen LogP contribution in [0.15, 0.2) is 53.9 Å². The summed E-state index contributed by atoms with van der Waals surface area (Å²) in [6.07, 6.45) is -0.405. The highest BCUT2D eigenvalue weighted by Gasteiger charge is 2.55. The van der Waals surface area contributed by atoms with E-state index in [0.29, 0.717) is 11.4 Å². The Labute approximate surface area is 190 Å². The number of hydrogen-bond donors (Lipinski definition) is 3. The molecule has 3 aliphatic rings. The maximum atomic E-state index is 13.0. The van der Waals surface area contributed by atoms with Crippen LogP contribution < -0.4 is 5.73 Å². The van der Waals surface area contributed by atoms with E-state index < -0.39 is 38.0 Å². The molecular weight excluding hydrogens is 461 g/mol. The molecule has 174 valence electrons. The van der Waals surface area contributed by atoms with Crippen molar-refractivity contribution in [2.75, 3.05) is 13.2 Å². The second kappa shape index (κ2) is 8.89. The van der Waals surface area contributed by atoms with Gasteiger partial charge in [-0.2, -0.15) is 0 Å². The molecule has 0 bridgehead atoms. The first kappa shape index (κ1) is 23.4. The molecule has 4 N–H and O–H groups in total. The average Bonchev–Trinajstić information content (AvgIpc) is 2.96. The van der Waals surface area contributed by atoms with Crippen LogP contribution in [0.4, 0.5) is 0 Å². The Morgan fingerprint density at radius 3 is 3.00 bits per heavy atom. The number of aliphatic hydroxyl groups is 2. The molecule has 0 radical (unpaired) electrons. The van der Waals surface area contributed by atoms with E-state index in [1.54, 1.807) is 24.4 Å². The van der Waals surface area contributed by atoms with E-state index in [9.17, 15) is 14.8 Å².